The minimum absolute atomic E-state index is 0.00919. The van der Waals surface area contributed by atoms with Crippen molar-refractivity contribution in [1.29, 1.82) is 0 Å². The van der Waals surface area contributed by atoms with Crippen molar-refractivity contribution in [2.45, 2.75) is 55.9 Å². The van der Waals surface area contributed by atoms with Crippen LogP contribution >= 0.6 is 11.8 Å². The number of likely N-dealkylation sites (tertiary alicyclic amines) is 1. The summed E-state index contributed by atoms with van der Waals surface area (Å²) in [4.78, 5) is 42.2. The van der Waals surface area contributed by atoms with E-state index in [0.29, 0.717) is 17.0 Å². The second-order valence-electron chi connectivity index (χ2n) is 7.85. The summed E-state index contributed by atoms with van der Waals surface area (Å²) in [5, 5.41) is 3.08. The number of fused-ring (bicyclic) bond motifs is 1. The molecule has 3 amide bonds. The molecule has 28 heavy (non-hydrogen) atoms. The van der Waals surface area contributed by atoms with Gasteiger partial charge in [-0.1, -0.05) is 19.3 Å². The molecule has 0 radical (unpaired) electrons. The van der Waals surface area contributed by atoms with Crippen molar-refractivity contribution >= 4 is 35.2 Å². The van der Waals surface area contributed by atoms with Gasteiger partial charge in [-0.15, -0.1) is 11.8 Å². The summed E-state index contributed by atoms with van der Waals surface area (Å²) in [6.45, 7) is 1.60. The monoisotopic (exact) mass is 401 g/mol. The smallest absolute Gasteiger partial charge is 0.253 e. The number of rotatable bonds is 4. The van der Waals surface area contributed by atoms with Gasteiger partial charge in [0.05, 0.1) is 11.4 Å². The number of amides is 3. The molecule has 0 aromatic heterocycles. The van der Waals surface area contributed by atoms with Crippen molar-refractivity contribution in [1.82, 2.24) is 10.2 Å². The van der Waals surface area contributed by atoms with Gasteiger partial charge < -0.3 is 15.1 Å². The lowest BCUT2D eigenvalue weighted by molar-refractivity contribution is -0.123. The van der Waals surface area contributed by atoms with Crippen LogP contribution in [0.4, 0.5) is 5.69 Å². The summed E-state index contributed by atoms with van der Waals surface area (Å²) in [7, 11) is 0. The van der Waals surface area contributed by atoms with Crippen LogP contribution in [0.2, 0.25) is 0 Å². The van der Waals surface area contributed by atoms with Crippen LogP contribution in [0.15, 0.2) is 23.1 Å². The summed E-state index contributed by atoms with van der Waals surface area (Å²) < 4.78 is 0. The summed E-state index contributed by atoms with van der Waals surface area (Å²) in [6.07, 6.45) is 7.64. The summed E-state index contributed by atoms with van der Waals surface area (Å²) >= 11 is 1.47. The average Bonchev–Trinajstić information content (AvgIpc) is 3.25. The topological polar surface area (TPSA) is 69.7 Å². The SMILES string of the molecule is O=C(CN1C(=O)CSc2ccc(C(=O)N3CCCC3)cc21)NC1CCCCC1. The molecule has 7 heteroatoms. The molecule has 0 bridgehead atoms. The molecule has 4 rings (SSSR count). The van der Waals surface area contributed by atoms with Gasteiger partial charge in [0.2, 0.25) is 11.8 Å². The van der Waals surface area contributed by atoms with Gasteiger partial charge in [-0.3, -0.25) is 14.4 Å². The first-order chi connectivity index (χ1) is 13.6. The Labute approximate surface area is 170 Å². The number of benzene rings is 1. The number of anilines is 1. The maximum absolute atomic E-state index is 12.7. The summed E-state index contributed by atoms with van der Waals surface area (Å²) in [5.41, 5.74) is 1.28. The van der Waals surface area contributed by atoms with Crippen molar-refractivity contribution < 1.29 is 14.4 Å². The summed E-state index contributed by atoms with van der Waals surface area (Å²) in [5.74, 6) is 0.134. The van der Waals surface area contributed by atoms with Crippen molar-refractivity contribution in [3.63, 3.8) is 0 Å². The molecule has 1 saturated carbocycles. The minimum atomic E-state index is -0.116. The number of hydrogen-bond donors (Lipinski definition) is 1. The first kappa shape index (κ1) is 19.3. The van der Waals surface area contributed by atoms with Gasteiger partial charge in [-0.25, -0.2) is 0 Å². The molecule has 6 nitrogen and oxygen atoms in total. The van der Waals surface area contributed by atoms with Crippen LogP contribution in [0.1, 0.15) is 55.3 Å². The van der Waals surface area contributed by atoms with E-state index in [1.54, 1.807) is 11.0 Å². The third-order valence-corrected chi connectivity index (χ3v) is 6.86. The predicted octanol–water partition coefficient (Wildman–Crippen LogP) is 2.81. The van der Waals surface area contributed by atoms with E-state index < -0.39 is 0 Å². The Morgan fingerprint density at radius 2 is 1.82 bits per heavy atom. The van der Waals surface area contributed by atoms with Crippen LogP contribution in [0.25, 0.3) is 0 Å². The number of hydrogen-bond acceptors (Lipinski definition) is 4. The lowest BCUT2D eigenvalue weighted by Crippen LogP contribution is -2.46. The van der Waals surface area contributed by atoms with Gasteiger partial charge in [0.25, 0.3) is 5.91 Å². The second-order valence-corrected chi connectivity index (χ2v) is 8.87. The lowest BCUT2D eigenvalue weighted by Gasteiger charge is -2.30. The fourth-order valence-corrected chi connectivity index (χ4v) is 5.19. The zero-order valence-electron chi connectivity index (χ0n) is 16.1. The highest BCUT2D eigenvalue weighted by molar-refractivity contribution is 8.00. The van der Waals surface area contributed by atoms with E-state index >= 15 is 0 Å². The fourth-order valence-electron chi connectivity index (χ4n) is 4.28. The molecule has 2 heterocycles. The molecule has 2 fully saturated rings. The van der Waals surface area contributed by atoms with E-state index in [0.717, 1.165) is 56.5 Å². The Balaban J connectivity index is 1.50. The van der Waals surface area contributed by atoms with Crippen molar-refractivity contribution in [3.8, 4) is 0 Å². The van der Waals surface area contributed by atoms with Crippen LogP contribution in [0, 0.1) is 0 Å². The second kappa shape index (κ2) is 8.55. The molecule has 1 N–H and O–H groups in total. The van der Waals surface area contributed by atoms with E-state index in [1.807, 2.05) is 17.0 Å². The molecule has 1 saturated heterocycles. The van der Waals surface area contributed by atoms with Gasteiger partial charge >= 0.3 is 0 Å². The number of nitrogens with zero attached hydrogens (tertiary/aromatic N) is 2. The summed E-state index contributed by atoms with van der Waals surface area (Å²) in [6, 6.07) is 5.75. The van der Waals surface area contributed by atoms with Gasteiger partial charge in [-0.05, 0) is 43.9 Å². The van der Waals surface area contributed by atoms with E-state index in [1.165, 1.54) is 18.2 Å². The number of carbonyl (C=O) groups is 3. The van der Waals surface area contributed by atoms with Gasteiger partial charge in [0.15, 0.2) is 0 Å². The predicted molar refractivity (Wildman–Crippen MR) is 110 cm³/mol. The quantitative estimate of drug-likeness (QED) is 0.842. The molecule has 1 aromatic carbocycles. The average molecular weight is 402 g/mol. The third-order valence-electron chi connectivity index (χ3n) is 5.81. The van der Waals surface area contributed by atoms with Crippen LogP contribution in [0.5, 0.6) is 0 Å². The zero-order chi connectivity index (χ0) is 19.5. The van der Waals surface area contributed by atoms with Gasteiger partial charge in [-0.2, -0.15) is 0 Å². The zero-order valence-corrected chi connectivity index (χ0v) is 16.9. The first-order valence-corrected chi connectivity index (χ1v) is 11.3. The van der Waals surface area contributed by atoms with E-state index in [4.69, 9.17) is 0 Å². The molecular formula is C21H27N3O3S. The van der Waals surface area contributed by atoms with Crippen molar-refractivity contribution in [2.75, 3.05) is 30.3 Å². The van der Waals surface area contributed by atoms with E-state index in [-0.39, 0.29) is 30.3 Å². The molecule has 0 spiro atoms. The molecule has 1 aromatic rings. The third kappa shape index (κ3) is 4.19. The number of nitrogens with one attached hydrogen (secondary N) is 1. The van der Waals surface area contributed by atoms with Gasteiger partial charge in [0, 0.05) is 29.6 Å². The van der Waals surface area contributed by atoms with Crippen molar-refractivity contribution in [2.24, 2.45) is 0 Å². The highest BCUT2D eigenvalue weighted by Crippen LogP contribution is 2.36. The highest BCUT2D eigenvalue weighted by atomic mass is 32.2. The normalized spacial score (nSPS) is 20.2. The minimum Gasteiger partial charge on any atom is -0.352 e. The number of thioether (sulfide) groups is 1. The van der Waals surface area contributed by atoms with Crippen LogP contribution < -0.4 is 10.2 Å². The maximum atomic E-state index is 12.7. The Kier molecular flexibility index (Phi) is 5.90. The highest BCUT2D eigenvalue weighted by Gasteiger charge is 2.29. The van der Waals surface area contributed by atoms with Crippen LogP contribution in [-0.4, -0.2) is 54.1 Å². The van der Waals surface area contributed by atoms with Gasteiger partial charge in [0.1, 0.15) is 6.54 Å². The van der Waals surface area contributed by atoms with E-state index in [2.05, 4.69) is 5.32 Å². The Bertz CT molecular complexity index is 770. The Morgan fingerprint density at radius 1 is 1.07 bits per heavy atom. The molecule has 150 valence electrons. The van der Waals surface area contributed by atoms with E-state index in [9.17, 15) is 14.4 Å². The largest absolute Gasteiger partial charge is 0.352 e. The molecule has 1 aliphatic carbocycles. The fraction of sp³-hybridized carbons (Fsp3) is 0.571. The standard InChI is InChI=1S/C21H27N3O3S/c25-19(22-16-6-2-1-3-7-16)13-24-17-12-15(21(27)23-10-4-5-11-23)8-9-18(17)28-14-20(24)26/h8-9,12,16H,1-7,10-11,13-14H2,(H,22,25). The molecule has 0 unspecified atom stereocenters. The Morgan fingerprint density at radius 3 is 2.57 bits per heavy atom. The molecule has 2 aliphatic heterocycles. The van der Waals surface area contributed by atoms with Crippen LogP contribution in [-0.2, 0) is 9.59 Å². The molecule has 3 aliphatic rings. The molecule has 0 atom stereocenters. The lowest BCUT2D eigenvalue weighted by atomic mass is 9.95. The Hall–Kier alpha value is -2.02. The van der Waals surface area contributed by atoms with Crippen LogP contribution in [0.3, 0.4) is 0 Å². The molecular weight excluding hydrogens is 374 g/mol. The number of carbonyl (C=O) groups excluding carboxylic acids is 3. The van der Waals surface area contributed by atoms with Crippen molar-refractivity contribution in [3.05, 3.63) is 23.8 Å². The maximum Gasteiger partial charge on any atom is 0.253 e. The first-order valence-electron chi connectivity index (χ1n) is 10.3.